The second-order valence-electron chi connectivity index (χ2n) is 13.8. The van der Waals surface area contributed by atoms with Crippen LogP contribution in [0.15, 0.2) is 138 Å². The van der Waals surface area contributed by atoms with Crippen LogP contribution < -0.4 is 0 Å². The van der Waals surface area contributed by atoms with Gasteiger partial charge in [0.25, 0.3) is 0 Å². The minimum absolute atomic E-state index is 0.0431. The number of hydrogen-bond donors (Lipinski definition) is 0. The van der Waals surface area contributed by atoms with Gasteiger partial charge in [-0.1, -0.05) is 110 Å². The van der Waals surface area contributed by atoms with Crippen LogP contribution in [0, 0.1) is 11.3 Å². The number of rotatable bonds is 4. The minimum atomic E-state index is -0.0431. The molecular weight excluding hydrogens is 625 g/mol. The summed E-state index contributed by atoms with van der Waals surface area (Å²) in [6.07, 6.45) is 5.88. The molecule has 1 saturated carbocycles. The first-order valence-electron chi connectivity index (χ1n) is 17.7. The van der Waals surface area contributed by atoms with Gasteiger partial charge in [-0.05, 0) is 88.7 Å². The summed E-state index contributed by atoms with van der Waals surface area (Å²) >= 11 is 0. The molecule has 5 heteroatoms. The Labute approximate surface area is 295 Å². The van der Waals surface area contributed by atoms with Crippen molar-refractivity contribution < 1.29 is 4.42 Å². The maximum atomic E-state index is 9.84. The van der Waals surface area contributed by atoms with Crippen LogP contribution in [0.1, 0.15) is 48.8 Å². The van der Waals surface area contributed by atoms with E-state index >= 15 is 0 Å². The average Bonchev–Trinajstić information content (AvgIpc) is 3.71. The van der Waals surface area contributed by atoms with Crippen LogP contribution in [0.5, 0.6) is 0 Å². The number of benzene rings is 6. The number of furan rings is 1. The topological polar surface area (TPSA) is 75.6 Å². The first kappa shape index (κ1) is 29.5. The van der Waals surface area contributed by atoms with Gasteiger partial charge in [0.15, 0.2) is 17.5 Å². The minimum Gasteiger partial charge on any atom is -0.456 e. The van der Waals surface area contributed by atoms with Crippen molar-refractivity contribution in [3.05, 3.63) is 150 Å². The van der Waals surface area contributed by atoms with E-state index in [4.69, 9.17) is 19.4 Å². The number of aromatic nitrogens is 3. The van der Waals surface area contributed by atoms with Crippen LogP contribution >= 0.6 is 0 Å². The number of para-hydroxylation sites is 1. The van der Waals surface area contributed by atoms with E-state index in [0.29, 0.717) is 17.5 Å². The summed E-state index contributed by atoms with van der Waals surface area (Å²) in [6.45, 7) is 0. The Bertz CT molecular complexity index is 2700. The van der Waals surface area contributed by atoms with Crippen LogP contribution in [0.2, 0.25) is 0 Å². The van der Waals surface area contributed by atoms with Crippen molar-refractivity contribution in [3.63, 3.8) is 0 Å². The molecule has 0 N–H and O–H groups in total. The van der Waals surface area contributed by atoms with Crippen molar-refractivity contribution >= 4 is 21.9 Å². The summed E-state index contributed by atoms with van der Waals surface area (Å²) in [4.78, 5) is 15.2. The lowest BCUT2D eigenvalue weighted by molar-refractivity contribution is 0.353. The molecule has 0 unspecified atom stereocenters. The molecule has 0 atom stereocenters. The van der Waals surface area contributed by atoms with Crippen LogP contribution in [0.25, 0.3) is 78.4 Å². The molecule has 1 spiro atoms. The Morgan fingerprint density at radius 3 is 2.02 bits per heavy atom. The Hall–Kier alpha value is -6.38. The Morgan fingerprint density at radius 2 is 1.20 bits per heavy atom. The van der Waals surface area contributed by atoms with Gasteiger partial charge in [0, 0.05) is 32.9 Å². The second kappa shape index (κ2) is 11.6. The predicted molar refractivity (Wildman–Crippen MR) is 203 cm³/mol. The van der Waals surface area contributed by atoms with E-state index in [1.165, 1.54) is 47.1 Å². The molecule has 2 aromatic heterocycles. The van der Waals surface area contributed by atoms with E-state index in [2.05, 4.69) is 72.8 Å². The third-order valence-corrected chi connectivity index (χ3v) is 11.0. The molecule has 5 nitrogen and oxygen atoms in total. The van der Waals surface area contributed by atoms with Crippen LogP contribution in [-0.4, -0.2) is 15.0 Å². The largest absolute Gasteiger partial charge is 0.456 e. The predicted octanol–water partition coefficient (Wildman–Crippen LogP) is 11.5. The quantitative estimate of drug-likeness (QED) is 0.188. The highest BCUT2D eigenvalue weighted by atomic mass is 16.3. The van der Waals surface area contributed by atoms with Gasteiger partial charge in [0.05, 0.1) is 11.6 Å². The summed E-state index contributed by atoms with van der Waals surface area (Å²) in [5.41, 5.74) is 12.7. The maximum absolute atomic E-state index is 9.84. The molecule has 2 aliphatic carbocycles. The van der Waals surface area contributed by atoms with Crippen molar-refractivity contribution in [3.8, 4) is 62.5 Å². The molecule has 0 aliphatic heterocycles. The molecule has 1 fully saturated rings. The maximum Gasteiger partial charge on any atom is 0.164 e. The summed E-state index contributed by atoms with van der Waals surface area (Å²) < 4.78 is 6.12. The van der Waals surface area contributed by atoms with E-state index in [1.54, 1.807) is 0 Å². The average molecular weight is 657 g/mol. The Kier molecular flexibility index (Phi) is 6.72. The van der Waals surface area contributed by atoms with Gasteiger partial charge in [-0.3, -0.25) is 0 Å². The molecule has 8 aromatic rings. The fourth-order valence-corrected chi connectivity index (χ4v) is 8.59. The summed E-state index contributed by atoms with van der Waals surface area (Å²) in [7, 11) is 0. The second-order valence-corrected chi connectivity index (χ2v) is 13.8. The van der Waals surface area contributed by atoms with Crippen molar-refractivity contribution in [1.29, 1.82) is 5.26 Å². The zero-order valence-corrected chi connectivity index (χ0v) is 27.9. The molecule has 6 aromatic carbocycles. The van der Waals surface area contributed by atoms with Gasteiger partial charge >= 0.3 is 0 Å². The van der Waals surface area contributed by atoms with E-state index in [0.717, 1.165) is 62.6 Å². The molecule has 0 amide bonds. The van der Waals surface area contributed by atoms with Crippen LogP contribution in [-0.2, 0) is 5.41 Å². The van der Waals surface area contributed by atoms with Crippen molar-refractivity contribution in [1.82, 2.24) is 15.0 Å². The molecule has 0 radical (unpaired) electrons. The van der Waals surface area contributed by atoms with Gasteiger partial charge in [-0.15, -0.1) is 0 Å². The Morgan fingerprint density at radius 1 is 0.510 bits per heavy atom. The fourth-order valence-electron chi connectivity index (χ4n) is 8.59. The molecule has 2 aliphatic rings. The van der Waals surface area contributed by atoms with Crippen molar-refractivity contribution in [2.24, 2.45) is 0 Å². The number of nitriles is 1. The smallest absolute Gasteiger partial charge is 0.164 e. The van der Waals surface area contributed by atoms with Crippen LogP contribution in [0.4, 0.5) is 0 Å². The van der Waals surface area contributed by atoms with Gasteiger partial charge < -0.3 is 4.42 Å². The highest BCUT2D eigenvalue weighted by molar-refractivity contribution is 6.06. The van der Waals surface area contributed by atoms with Gasteiger partial charge in [0.2, 0.25) is 0 Å². The van der Waals surface area contributed by atoms with Gasteiger partial charge in [-0.25, -0.2) is 15.0 Å². The summed E-state index contributed by atoms with van der Waals surface area (Å²) in [5.74, 6) is 1.85. The fraction of sp³-hybridized carbons (Fsp3) is 0.130. The standard InChI is InChI=1S/C46H32N4O/c47-28-29-19-21-36-39(25-29)46(23-7-2-8-24-46)38-17-10-16-34(42(36)38)31-13-9-14-32(26-31)44-48-43(30-11-3-1-4-12-30)49-45(50-44)33-20-22-41-37(27-33)35-15-5-6-18-40(35)51-41/h1,3-6,9-22,25-27H,2,7-8,23-24H2. The van der Waals surface area contributed by atoms with Crippen molar-refractivity contribution in [2.45, 2.75) is 37.5 Å². The van der Waals surface area contributed by atoms with E-state index in [9.17, 15) is 5.26 Å². The summed E-state index contributed by atoms with van der Waals surface area (Å²) in [5, 5.41) is 11.9. The SMILES string of the molecule is N#Cc1ccc2c(c1)C1(CCCCC1)c1cccc(-c3cccc(-c4nc(-c5ccccc5)nc(-c5ccc6oc7ccccc7c6c5)n4)c3)c1-2. The van der Waals surface area contributed by atoms with Crippen molar-refractivity contribution in [2.75, 3.05) is 0 Å². The van der Waals surface area contributed by atoms with E-state index < -0.39 is 0 Å². The molecule has 10 rings (SSSR count). The zero-order chi connectivity index (χ0) is 33.9. The normalized spacial score (nSPS) is 14.4. The number of hydrogen-bond acceptors (Lipinski definition) is 5. The first-order chi connectivity index (χ1) is 25.2. The molecule has 0 bridgehead atoms. The molecule has 51 heavy (non-hydrogen) atoms. The van der Waals surface area contributed by atoms with Crippen LogP contribution in [0.3, 0.4) is 0 Å². The number of fused-ring (bicyclic) bond motifs is 8. The van der Waals surface area contributed by atoms with E-state index in [1.807, 2.05) is 66.7 Å². The van der Waals surface area contributed by atoms with E-state index in [-0.39, 0.29) is 5.41 Å². The first-order valence-corrected chi connectivity index (χ1v) is 17.7. The molecule has 0 saturated heterocycles. The van der Waals surface area contributed by atoms with Gasteiger partial charge in [-0.2, -0.15) is 5.26 Å². The zero-order valence-electron chi connectivity index (χ0n) is 27.9. The Balaban J connectivity index is 1.13. The highest BCUT2D eigenvalue weighted by Gasteiger charge is 2.44. The third kappa shape index (κ3) is 4.71. The lowest BCUT2D eigenvalue weighted by Crippen LogP contribution is -2.28. The lowest BCUT2D eigenvalue weighted by atomic mass is 9.67. The monoisotopic (exact) mass is 656 g/mol. The molecule has 2 heterocycles. The summed E-state index contributed by atoms with van der Waals surface area (Å²) in [6, 6.07) is 48.4. The lowest BCUT2D eigenvalue weighted by Gasteiger charge is -2.36. The molecular formula is C46H32N4O. The number of nitrogens with zero attached hydrogens (tertiary/aromatic N) is 4. The van der Waals surface area contributed by atoms with Gasteiger partial charge in [0.1, 0.15) is 11.2 Å². The molecule has 242 valence electrons. The third-order valence-electron chi connectivity index (χ3n) is 11.0. The highest BCUT2D eigenvalue weighted by Crippen LogP contribution is 2.58.